The van der Waals surface area contributed by atoms with Crippen molar-refractivity contribution in [1.82, 2.24) is 0 Å². The first kappa shape index (κ1) is 20.4. The molecule has 0 aliphatic heterocycles. The van der Waals surface area contributed by atoms with Crippen LogP contribution in [-0.2, 0) is 19.7 Å². The molecule has 0 spiro atoms. The van der Waals surface area contributed by atoms with Crippen LogP contribution in [0.25, 0.3) is 6.08 Å². The average Bonchev–Trinajstić information content (AvgIpc) is 3.22. The summed E-state index contributed by atoms with van der Waals surface area (Å²) in [6.07, 6.45) is 1.92. The van der Waals surface area contributed by atoms with Gasteiger partial charge in [-0.25, -0.2) is 21.2 Å². The Balaban J connectivity index is 2.13. The van der Waals surface area contributed by atoms with Gasteiger partial charge in [-0.1, -0.05) is 48.5 Å². The number of sulfone groups is 2. The number of thiophene rings is 1. The Labute approximate surface area is 167 Å². The first-order chi connectivity index (χ1) is 13.3. The number of hydrogen-bond acceptors (Lipinski definition) is 5. The van der Waals surface area contributed by atoms with E-state index in [-0.39, 0.29) is 9.79 Å². The topological polar surface area (TPSA) is 68.3 Å². The lowest BCUT2D eigenvalue weighted by atomic mass is 10.3. The van der Waals surface area contributed by atoms with Crippen LogP contribution in [0.4, 0.5) is 4.39 Å². The highest BCUT2D eigenvalue weighted by atomic mass is 32.3. The summed E-state index contributed by atoms with van der Waals surface area (Å²) >= 11 is 1.37. The van der Waals surface area contributed by atoms with Gasteiger partial charge in [-0.2, -0.15) is 0 Å². The Morgan fingerprint density at radius 3 is 1.71 bits per heavy atom. The molecule has 0 atom stereocenters. The zero-order valence-electron chi connectivity index (χ0n) is 14.6. The molecule has 0 fully saturated rings. The maximum Gasteiger partial charge on any atom is 0.321 e. The molecular weight excluding hydrogens is 419 g/mol. The summed E-state index contributed by atoms with van der Waals surface area (Å²) in [5.74, 6) is 0. The Kier molecular flexibility index (Phi) is 5.83. The maximum absolute atomic E-state index is 16.1. The standard InChI is InChI=1S/C20H17FO4S3/c21-20(15-7-9-17-10-8-16-26-17,27(22,23)18-11-3-1-4-12-18)28(24,25)19-13-5-2-6-14-19/h1-14,16H,15H2/b9-7+. The Morgan fingerprint density at radius 1 is 0.786 bits per heavy atom. The summed E-state index contributed by atoms with van der Waals surface area (Å²) in [6.45, 7) is 0. The zero-order valence-corrected chi connectivity index (χ0v) is 17.1. The van der Waals surface area contributed by atoms with Crippen LogP contribution in [0.5, 0.6) is 0 Å². The SMILES string of the molecule is O=S(=O)(c1ccccc1)C(F)(C/C=C/c1cccs1)S(=O)(=O)c1ccccc1. The minimum atomic E-state index is -4.85. The molecule has 0 N–H and O–H groups in total. The third kappa shape index (κ3) is 3.67. The Bertz CT molecular complexity index is 1080. The highest BCUT2D eigenvalue weighted by molar-refractivity contribution is 8.10. The Hall–Kier alpha value is -2.29. The molecule has 0 radical (unpaired) electrons. The number of rotatable bonds is 7. The molecule has 3 rings (SSSR count). The van der Waals surface area contributed by atoms with Gasteiger partial charge < -0.3 is 0 Å². The van der Waals surface area contributed by atoms with Gasteiger partial charge in [0.15, 0.2) is 0 Å². The van der Waals surface area contributed by atoms with Gasteiger partial charge in [0.05, 0.1) is 9.79 Å². The van der Waals surface area contributed by atoms with Gasteiger partial charge in [-0.05, 0) is 41.8 Å². The smallest absolute Gasteiger partial charge is 0.219 e. The summed E-state index contributed by atoms with van der Waals surface area (Å²) in [5, 5.41) is 1.81. The molecule has 0 amide bonds. The molecule has 3 aromatic rings. The molecule has 1 aromatic heterocycles. The molecule has 0 aliphatic rings. The second kappa shape index (κ2) is 7.98. The van der Waals surface area contributed by atoms with E-state index in [9.17, 15) is 16.8 Å². The molecule has 0 unspecified atom stereocenters. The minimum absolute atomic E-state index is 0.387. The van der Waals surface area contributed by atoms with Crippen LogP contribution in [0, 0.1) is 0 Å². The summed E-state index contributed by atoms with van der Waals surface area (Å²) in [4.78, 5) is -0.0142. The van der Waals surface area contributed by atoms with Gasteiger partial charge in [0.2, 0.25) is 19.7 Å². The highest BCUT2D eigenvalue weighted by Gasteiger charge is 2.56. The van der Waals surface area contributed by atoms with Crippen LogP contribution in [0.15, 0.2) is 94.0 Å². The van der Waals surface area contributed by atoms with E-state index in [1.54, 1.807) is 24.3 Å². The van der Waals surface area contributed by atoms with E-state index in [1.807, 2.05) is 5.38 Å². The number of hydrogen-bond donors (Lipinski definition) is 0. The highest BCUT2D eigenvalue weighted by Crippen LogP contribution is 2.40. The van der Waals surface area contributed by atoms with Crippen molar-refractivity contribution < 1.29 is 21.2 Å². The molecule has 146 valence electrons. The predicted molar refractivity (Wildman–Crippen MR) is 109 cm³/mol. The molecule has 1 heterocycles. The van der Waals surface area contributed by atoms with E-state index < -0.39 is 30.4 Å². The average molecular weight is 437 g/mol. The predicted octanol–water partition coefficient (Wildman–Crippen LogP) is 4.72. The number of halogens is 1. The van der Waals surface area contributed by atoms with Crippen LogP contribution in [0.2, 0.25) is 0 Å². The van der Waals surface area contributed by atoms with E-state index in [0.717, 1.165) is 4.88 Å². The van der Waals surface area contributed by atoms with Crippen molar-refractivity contribution in [3.8, 4) is 0 Å². The first-order valence-electron chi connectivity index (χ1n) is 8.27. The monoisotopic (exact) mass is 436 g/mol. The normalized spacial score (nSPS) is 13.0. The molecule has 4 nitrogen and oxygen atoms in total. The second-order valence-corrected chi connectivity index (χ2v) is 11.4. The summed E-state index contributed by atoms with van der Waals surface area (Å²) in [6, 6.07) is 17.1. The van der Waals surface area contributed by atoms with Crippen molar-refractivity contribution in [3.05, 3.63) is 89.1 Å². The lowest BCUT2D eigenvalue weighted by molar-refractivity contribution is 0.358. The quantitative estimate of drug-likeness (QED) is 0.537. The lowest BCUT2D eigenvalue weighted by Crippen LogP contribution is -2.42. The van der Waals surface area contributed by atoms with Gasteiger partial charge in [0.1, 0.15) is 0 Å². The van der Waals surface area contributed by atoms with E-state index in [0.29, 0.717) is 0 Å². The second-order valence-electron chi connectivity index (χ2n) is 5.91. The maximum atomic E-state index is 16.1. The van der Waals surface area contributed by atoms with Crippen LogP contribution in [0.1, 0.15) is 11.3 Å². The summed E-state index contributed by atoms with van der Waals surface area (Å²) in [5.41, 5.74) is 0. The number of alkyl halides is 1. The van der Waals surface area contributed by atoms with Crippen molar-refractivity contribution in [2.75, 3.05) is 0 Å². The minimum Gasteiger partial charge on any atom is -0.219 e. The van der Waals surface area contributed by atoms with Crippen LogP contribution < -0.4 is 0 Å². The third-order valence-corrected chi connectivity index (χ3v) is 9.97. The van der Waals surface area contributed by atoms with Crippen LogP contribution >= 0.6 is 11.3 Å². The largest absolute Gasteiger partial charge is 0.321 e. The molecule has 0 bridgehead atoms. The van der Waals surface area contributed by atoms with E-state index in [2.05, 4.69) is 0 Å². The van der Waals surface area contributed by atoms with Crippen molar-refractivity contribution in [1.29, 1.82) is 0 Å². The van der Waals surface area contributed by atoms with Crippen molar-refractivity contribution in [3.63, 3.8) is 0 Å². The van der Waals surface area contributed by atoms with E-state index in [4.69, 9.17) is 0 Å². The third-order valence-electron chi connectivity index (χ3n) is 4.10. The summed E-state index contributed by atoms with van der Waals surface area (Å²) < 4.78 is 64.9. The van der Waals surface area contributed by atoms with Crippen molar-refractivity contribution in [2.24, 2.45) is 0 Å². The van der Waals surface area contributed by atoms with E-state index >= 15 is 4.39 Å². The van der Waals surface area contributed by atoms with Gasteiger partial charge in [-0.3, -0.25) is 0 Å². The Morgan fingerprint density at radius 2 is 1.29 bits per heavy atom. The van der Waals surface area contributed by atoms with Crippen LogP contribution in [-0.4, -0.2) is 21.2 Å². The van der Waals surface area contributed by atoms with Gasteiger partial charge in [0, 0.05) is 11.3 Å². The van der Waals surface area contributed by atoms with Gasteiger partial charge in [-0.15, -0.1) is 11.3 Å². The summed E-state index contributed by atoms with van der Waals surface area (Å²) in [7, 11) is -9.70. The molecule has 28 heavy (non-hydrogen) atoms. The van der Waals surface area contributed by atoms with E-state index in [1.165, 1.54) is 72.0 Å². The van der Waals surface area contributed by atoms with Gasteiger partial charge in [0.25, 0.3) is 0 Å². The fourth-order valence-corrected chi connectivity index (χ4v) is 7.36. The molecule has 0 saturated carbocycles. The molecule has 0 aliphatic carbocycles. The van der Waals surface area contributed by atoms with Crippen molar-refractivity contribution in [2.45, 2.75) is 20.5 Å². The van der Waals surface area contributed by atoms with Gasteiger partial charge >= 0.3 is 4.33 Å². The fraction of sp³-hybridized carbons (Fsp3) is 0.100. The zero-order chi connectivity index (χ0) is 20.3. The molecule has 0 saturated heterocycles. The molecular formula is C20H17FO4S3. The number of allylic oxidation sites excluding steroid dienone is 1. The van der Waals surface area contributed by atoms with Crippen LogP contribution in [0.3, 0.4) is 0 Å². The number of benzene rings is 2. The fourth-order valence-electron chi connectivity index (χ4n) is 2.62. The first-order valence-corrected chi connectivity index (χ1v) is 12.1. The molecule has 2 aromatic carbocycles. The lowest BCUT2D eigenvalue weighted by Gasteiger charge is -2.24. The molecule has 8 heteroatoms. The van der Waals surface area contributed by atoms with Crippen molar-refractivity contribution >= 4 is 37.1 Å².